The molecule has 1 saturated heterocycles. The second-order valence-electron chi connectivity index (χ2n) is 6.74. The molecule has 0 aliphatic carbocycles. The number of hydrogen-bond acceptors (Lipinski definition) is 2. The third-order valence-electron chi connectivity index (χ3n) is 4.76. The third-order valence-corrected chi connectivity index (χ3v) is 4.76. The second-order valence-corrected chi connectivity index (χ2v) is 6.74. The van der Waals surface area contributed by atoms with Gasteiger partial charge in [0.2, 0.25) is 12.3 Å². The van der Waals surface area contributed by atoms with Crippen LogP contribution in [0.15, 0.2) is 84.9 Å². The molecule has 1 fully saturated rings. The average molecular weight is 388 g/mol. The Morgan fingerprint density at radius 3 is 2.21 bits per heavy atom. The van der Waals surface area contributed by atoms with Crippen LogP contribution in [0.5, 0.6) is 0 Å². The van der Waals surface area contributed by atoms with Crippen LogP contribution in [0.4, 0.5) is 4.39 Å². The molecule has 5 nitrogen and oxygen atoms in total. The molecule has 2 amide bonds. The van der Waals surface area contributed by atoms with Crippen molar-refractivity contribution in [1.82, 2.24) is 10.7 Å². The van der Waals surface area contributed by atoms with Crippen molar-refractivity contribution in [3.05, 3.63) is 107 Å². The van der Waals surface area contributed by atoms with Crippen LogP contribution in [-0.2, 0) is 4.79 Å². The van der Waals surface area contributed by atoms with Crippen LogP contribution in [-0.4, -0.2) is 28.8 Å². The molecule has 3 aromatic rings. The van der Waals surface area contributed by atoms with Crippen LogP contribution in [0.3, 0.4) is 0 Å². The highest BCUT2D eigenvalue weighted by atomic mass is 19.1. The number of nitrogens with one attached hydrogen (secondary N) is 2. The summed E-state index contributed by atoms with van der Waals surface area (Å²) >= 11 is 0. The average Bonchev–Trinajstić information content (AvgIpc) is 3.05. The first-order valence-electron chi connectivity index (χ1n) is 9.22. The molecule has 0 saturated carbocycles. The molecule has 0 spiro atoms. The standard InChI is InChI=1S/C23H18FN3O2/c24-19-13-11-16(12-14-19)15-27-21(17-7-3-1-4-8-17)20(23(29)26-27)25-22(28)18-9-5-2-6-10-18/h1-15,20-21H,(H-,25,26,28,29)/p+1/b27-15-/t20-,21-/m0/s1. The molecule has 1 aliphatic rings. The van der Waals surface area contributed by atoms with E-state index in [1.165, 1.54) is 12.1 Å². The van der Waals surface area contributed by atoms with Gasteiger partial charge >= 0.3 is 5.91 Å². The quantitative estimate of drug-likeness (QED) is 0.676. The number of hydrogen-bond donors (Lipinski definition) is 2. The van der Waals surface area contributed by atoms with Crippen LogP contribution in [0, 0.1) is 5.82 Å². The van der Waals surface area contributed by atoms with Crippen LogP contribution >= 0.6 is 0 Å². The minimum absolute atomic E-state index is 0.318. The number of carbonyl (C=O) groups excluding carboxylic acids is 2. The number of carbonyl (C=O) groups is 2. The summed E-state index contributed by atoms with van der Waals surface area (Å²) in [5.41, 5.74) is 4.87. The SMILES string of the molecule is O=C(N[C@@H]1C(=O)N/[N+](=C\c2ccc(F)cc2)[C@H]1c1ccccc1)c1ccccc1. The number of rotatable bonds is 4. The molecule has 0 unspecified atom stereocenters. The van der Waals surface area contributed by atoms with E-state index in [2.05, 4.69) is 10.7 Å². The molecular weight excluding hydrogens is 369 g/mol. The maximum atomic E-state index is 13.2. The summed E-state index contributed by atoms with van der Waals surface area (Å²) in [5.74, 6) is -0.975. The van der Waals surface area contributed by atoms with Gasteiger partial charge in [-0.3, -0.25) is 9.59 Å². The lowest BCUT2D eigenvalue weighted by molar-refractivity contribution is -0.596. The van der Waals surface area contributed by atoms with Crippen LogP contribution < -0.4 is 10.7 Å². The molecule has 1 heterocycles. The molecule has 3 aromatic carbocycles. The van der Waals surface area contributed by atoms with Crippen molar-refractivity contribution in [2.45, 2.75) is 12.1 Å². The molecule has 2 atom stereocenters. The molecule has 0 bridgehead atoms. The van der Waals surface area contributed by atoms with Crippen molar-refractivity contribution in [3.8, 4) is 0 Å². The Hall–Kier alpha value is -3.80. The zero-order chi connectivity index (χ0) is 20.2. The van der Waals surface area contributed by atoms with Crippen LogP contribution in [0.2, 0.25) is 0 Å². The van der Waals surface area contributed by atoms with Gasteiger partial charge in [-0.15, -0.1) is 10.1 Å². The lowest BCUT2D eigenvalue weighted by Crippen LogP contribution is -2.42. The van der Waals surface area contributed by atoms with Gasteiger partial charge in [-0.2, -0.15) is 0 Å². The molecule has 0 radical (unpaired) electrons. The van der Waals surface area contributed by atoms with Crippen molar-refractivity contribution in [2.75, 3.05) is 0 Å². The van der Waals surface area contributed by atoms with Gasteiger partial charge in [-0.25, -0.2) is 4.39 Å². The highest BCUT2D eigenvalue weighted by Crippen LogP contribution is 2.25. The largest absolute Gasteiger partial charge is 0.334 e. The van der Waals surface area contributed by atoms with Crippen molar-refractivity contribution in [3.63, 3.8) is 0 Å². The minimum atomic E-state index is -0.790. The van der Waals surface area contributed by atoms with Gasteiger partial charge < -0.3 is 5.32 Å². The summed E-state index contributed by atoms with van der Waals surface area (Å²) in [6, 6.07) is 22.9. The first-order chi connectivity index (χ1) is 14.1. The fourth-order valence-electron chi connectivity index (χ4n) is 3.35. The number of benzene rings is 3. The van der Waals surface area contributed by atoms with E-state index in [0.29, 0.717) is 5.56 Å². The van der Waals surface area contributed by atoms with E-state index in [1.807, 2.05) is 36.4 Å². The topological polar surface area (TPSA) is 61.2 Å². The number of hydrazine groups is 1. The Morgan fingerprint density at radius 1 is 0.931 bits per heavy atom. The summed E-state index contributed by atoms with van der Waals surface area (Å²) in [4.78, 5) is 25.4. The summed E-state index contributed by atoms with van der Waals surface area (Å²) in [5, 5.41) is 2.85. The lowest BCUT2D eigenvalue weighted by Gasteiger charge is -2.14. The van der Waals surface area contributed by atoms with E-state index >= 15 is 0 Å². The Morgan fingerprint density at radius 2 is 1.55 bits per heavy atom. The monoisotopic (exact) mass is 388 g/mol. The Kier molecular flexibility index (Phi) is 5.16. The van der Waals surface area contributed by atoms with E-state index in [4.69, 9.17) is 0 Å². The molecule has 29 heavy (non-hydrogen) atoms. The first kappa shape index (κ1) is 18.6. The van der Waals surface area contributed by atoms with Gasteiger partial charge in [0.15, 0.2) is 6.04 Å². The van der Waals surface area contributed by atoms with E-state index < -0.39 is 12.1 Å². The number of hydrazone groups is 1. The van der Waals surface area contributed by atoms with Gasteiger partial charge in [0.1, 0.15) is 5.82 Å². The molecule has 2 N–H and O–H groups in total. The van der Waals surface area contributed by atoms with E-state index in [0.717, 1.165) is 11.1 Å². The van der Waals surface area contributed by atoms with Gasteiger partial charge in [0, 0.05) is 16.7 Å². The second kappa shape index (κ2) is 8.06. The van der Waals surface area contributed by atoms with Crippen molar-refractivity contribution in [2.24, 2.45) is 0 Å². The number of amides is 2. The molecular formula is C23H19FN3O2+. The third kappa shape index (κ3) is 4.06. The van der Waals surface area contributed by atoms with Crippen LogP contribution in [0.25, 0.3) is 0 Å². The lowest BCUT2D eigenvalue weighted by atomic mass is 10.00. The number of halogens is 1. The Labute approximate surface area is 167 Å². The van der Waals surface area contributed by atoms with Gasteiger partial charge in [0.05, 0.1) is 0 Å². The van der Waals surface area contributed by atoms with Crippen molar-refractivity contribution < 1.29 is 18.7 Å². The van der Waals surface area contributed by atoms with Crippen molar-refractivity contribution in [1.29, 1.82) is 0 Å². The summed E-state index contributed by atoms with van der Waals surface area (Å²) in [6.07, 6.45) is 1.73. The van der Waals surface area contributed by atoms with Gasteiger partial charge in [-0.1, -0.05) is 48.5 Å². The van der Waals surface area contributed by atoms with Crippen molar-refractivity contribution >= 4 is 18.0 Å². The highest BCUT2D eigenvalue weighted by Gasteiger charge is 2.47. The van der Waals surface area contributed by atoms with E-state index in [9.17, 15) is 14.0 Å². The fourth-order valence-corrected chi connectivity index (χ4v) is 3.35. The molecule has 0 aromatic heterocycles. The van der Waals surface area contributed by atoms with Gasteiger partial charge in [-0.05, 0) is 36.4 Å². The first-order valence-corrected chi connectivity index (χ1v) is 9.22. The van der Waals surface area contributed by atoms with Gasteiger partial charge in [0.25, 0.3) is 5.91 Å². The summed E-state index contributed by atoms with van der Waals surface area (Å²) in [6.45, 7) is 0. The smallest absolute Gasteiger partial charge is 0.304 e. The zero-order valence-corrected chi connectivity index (χ0v) is 15.5. The molecule has 4 rings (SSSR count). The highest BCUT2D eigenvalue weighted by molar-refractivity contribution is 5.98. The molecule has 144 valence electrons. The molecule has 6 heteroatoms. The predicted molar refractivity (Wildman–Crippen MR) is 107 cm³/mol. The zero-order valence-electron chi connectivity index (χ0n) is 15.5. The number of nitrogens with zero attached hydrogens (tertiary/aromatic N) is 1. The normalized spacial score (nSPS) is 19.8. The summed E-state index contributed by atoms with van der Waals surface area (Å²) < 4.78 is 14.9. The molecule has 1 aliphatic heterocycles. The maximum Gasteiger partial charge on any atom is 0.304 e. The fraction of sp³-hybridized carbons (Fsp3) is 0.0870. The van der Waals surface area contributed by atoms with Crippen LogP contribution in [0.1, 0.15) is 27.5 Å². The van der Waals surface area contributed by atoms with E-state index in [1.54, 1.807) is 47.3 Å². The minimum Gasteiger partial charge on any atom is -0.334 e. The van der Waals surface area contributed by atoms with E-state index in [-0.39, 0.29) is 17.6 Å². The maximum absolute atomic E-state index is 13.2. The summed E-state index contributed by atoms with van der Waals surface area (Å²) in [7, 11) is 0. The predicted octanol–water partition coefficient (Wildman–Crippen LogP) is 2.84. The Bertz CT molecular complexity index is 1050. The Balaban J connectivity index is 1.69.